The van der Waals surface area contributed by atoms with Crippen molar-refractivity contribution < 1.29 is 9.47 Å². The number of benzene rings is 2. The molecule has 2 aliphatic rings. The maximum Gasteiger partial charge on any atom is 0.250 e. The third-order valence-corrected chi connectivity index (χ3v) is 7.52. The van der Waals surface area contributed by atoms with Crippen LogP contribution >= 0.6 is 23.2 Å². The number of hydrogen-bond acceptors (Lipinski definition) is 9. The smallest absolute Gasteiger partial charge is 0.250 e. The van der Waals surface area contributed by atoms with E-state index in [1.165, 1.54) is 12.8 Å². The second-order valence-corrected chi connectivity index (χ2v) is 10.7. The lowest BCUT2D eigenvalue weighted by atomic mass is 10.1. The SMILES string of the molecule is CCOc1cc(/C=N/Nc2nc(N3CCCCC3)nc(N3CCCCC3)n2)ccc1OCc1ccc(Cl)cc1Cl. The first-order valence-corrected chi connectivity index (χ1v) is 14.7. The van der Waals surface area contributed by atoms with E-state index < -0.39 is 0 Å². The fraction of sp³-hybridized carbons (Fsp3) is 0.448. The molecule has 2 saturated heterocycles. The van der Waals surface area contributed by atoms with Gasteiger partial charge in [0.1, 0.15) is 6.61 Å². The summed E-state index contributed by atoms with van der Waals surface area (Å²) in [5.74, 6) is 3.12. The van der Waals surface area contributed by atoms with Gasteiger partial charge in [-0.3, -0.25) is 0 Å². The number of piperidine rings is 2. The summed E-state index contributed by atoms with van der Waals surface area (Å²) in [7, 11) is 0. The average molecular weight is 585 g/mol. The van der Waals surface area contributed by atoms with Gasteiger partial charge in [-0.05, 0) is 81.3 Å². The molecule has 0 radical (unpaired) electrons. The molecule has 212 valence electrons. The fourth-order valence-corrected chi connectivity index (χ4v) is 5.29. The maximum absolute atomic E-state index is 6.30. The van der Waals surface area contributed by atoms with Crippen LogP contribution in [-0.4, -0.2) is 54.0 Å². The van der Waals surface area contributed by atoms with Crippen molar-refractivity contribution in [2.45, 2.75) is 52.1 Å². The predicted molar refractivity (Wildman–Crippen MR) is 162 cm³/mol. The summed E-state index contributed by atoms with van der Waals surface area (Å²) in [5, 5.41) is 5.58. The summed E-state index contributed by atoms with van der Waals surface area (Å²) in [6.45, 7) is 6.58. The molecule has 0 amide bonds. The van der Waals surface area contributed by atoms with Crippen LogP contribution in [0.5, 0.6) is 11.5 Å². The summed E-state index contributed by atoms with van der Waals surface area (Å²) < 4.78 is 11.9. The number of halogens is 2. The lowest BCUT2D eigenvalue weighted by Crippen LogP contribution is -2.34. The van der Waals surface area contributed by atoms with Crippen LogP contribution in [0.4, 0.5) is 17.8 Å². The molecule has 0 bridgehead atoms. The van der Waals surface area contributed by atoms with Crippen molar-refractivity contribution in [1.29, 1.82) is 0 Å². The third kappa shape index (κ3) is 7.46. The van der Waals surface area contributed by atoms with E-state index in [-0.39, 0.29) is 0 Å². The zero-order chi connectivity index (χ0) is 27.7. The molecular formula is C29H35Cl2N7O2. The van der Waals surface area contributed by atoms with Gasteiger partial charge in [0.15, 0.2) is 11.5 Å². The number of rotatable bonds is 10. The quantitative estimate of drug-likeness (QED) is 0.211. The lowest BCUT2D eigenvalue weighted by Gasteiger charge is -2.30. The van der Waals surface area contributed by atoms with Gasteiger partial charge in [-0.2, -0.15) is 20.1 Å². The highest BCUT2D eigenvalue weighted by Crippen LogP contribution is 2.30. The number of ether oxygens (including phenoxy) is 2. The average Bonchev–Trinajstić information content (AvgIpc) is 2.98. The van der Waals surface area contributed by atoms with E-state index in [1.807, 2.05) is 31.2 Å². The van der Waals surface area contributed by atoms with Crippen LogP contribution in [-0.2, 0) is 6.61 Å². The Morgan fingerprint density at radius 1 is 0.825 bits per heavy atom. The van der Waals surface area contributed by atoms with Crippen LogP contribution in [0.25, 0.3) is 0 Å². The molecule has 2 aromatic carbocycles. The van der Waals surface area contributed by atoms with Crippen LogP contribution in [0, 0.1) is 0 Å². The zero-order valence-corrected chi connectivity index (χ0v) is 24.3. The second-order valence-electron chi connectivity index (χ2n) is 9.89. The monoisotopic (exact) mass is 583 g/mol. The number of aromatic nitrogens is 3. The first-order chi connectivity index (χ1) is 19.6. The Kier molecular flexibility index (Phi) is 9.78. The van der Waals surface area contributed by atoms with E-state index in [2.05, 4.69) is 20.3 Å². The van der Waals surface area contributed by atoms with Crippen LogP contribution in [0.3, 0.4) is 0 Å². The molecule has 3 aromatic rings. The molecule has 0 saturated carbocycles. The molecule has 0 unspecified atom stereocenters. The minimum Gasteiger partial charge on any atom is -0.490 e. The van der Waals surface area contributed by atoms with Crippen LogP contribution in [0.15, 0.2) is 41.5 Å². The number of anilines is 3. The van der Waals surface area contributed by atoms with E-state index in [0.717, 1.165) is 63.0 Å². The predicted octanol–water partition coefficient (Wildman–Crippen LogP) is 6.58. The molecule has 11 heteroatoms. The van der Waals surface area contributed by atoms with E-state index in [4.69, 9.17) is 47.6 Å². The van der Waals surface area contributed by atoms with Crippen molar-refractivity contribution in [2.75, 3.05) is 48.0 Å². The number of nitrogens with one attached hydrogen (secondary N) is 1. The lowest BCUT2D eigenvalue weighted by molar-refractivity contribution is 0.269. The van der Waals surface area contributed by atoms with Crippen molar-refractivity contribution >= 4 is 47.3 Å². The van der Waals surface area contributed by atoms with Crippen LogP contribution in [0.1, 0.15) is 56.6 Å². The van der Waals surface area contributed by atoms with Crippen molar-refractivity contribution in [3.8, 4) is 11.5 Å². The van der Waals surface area contributed by atoms with Crippen molar-refractivity contribution in [3.05, 3.63) is 57.6 Å². The Bertz CT molecular complexity index is 1280. The van der Waals surface area contributed by atoms with Crippen molar-refractivity contribution in [2.24, 2.45) is 5.10 Å². The number of hydrogen-bond donors (Lipinski definition) is 1. The first kappa shape index (κ1) is 28.2. The largest absolute Gasteiger partial charge is 0.490 e. The number of hydrazone groups is 1. The minimum atomic E-state index is 0.295. The fourth-order valence-electron chi connectivity index (χ4n) is 4.83. The summed E-state index contributed by atoms with van der Waals surface area (Å²) in [5.41, 5.74) is 4.72. The van der Waals surface area contributed by atoms with Gasteiger partial charge in [0.25, 0.3) is 0 Å². The topological polar surface area (TPSA) is 88.0 Å². The highest BCUT2D eigenvalue weighted by Gasteiger charge is 2.20. The van der Waals surface area contributed by atoms with E-state index in [0.29, 0.717) is 52.6 Å². The van der Waals surface area contributed by atoms with E-state index >= 15 is 0 Å². The number of nitrogens with zero attached hydrogens (tertiary/aromatic N) is 6. The highest BCUT2D eigenvalue weighted by molar-refractivity contribution is 6.35. The van der Waals surface area contributed by atoms with Crippen molar-refractivity contribution in [3.63, 3.8) is 0 Å². The Morgan fingerprint density at radius 3 is 2.12 bits per heavy atom. The molecule has 40 heavy (non-hydrogen) atoms. The molecule has 0 aliphatic carbocycles. The van der Waals surface area contributed by atoms with E-state index in [9.17, 15) is 0 Å². The van der Waals surface area contributed by atoms with Crippen LogP contribution < -0.4 is 24.7 Å². The summed E-state index contributed by atoms with van der Waals surface area (Å²) >= 11 is 12.3. The Hall–Kier alpha value is -3.30. The van der Waals surface area contributed by atoms with Gasteiger partial charge in [0.05, 0.1) is 12.8 Å². The van der Waals surface area contributed by atoms with Gasteiger partial charge >= 0.3 is 0 Å². The summed E-state index contributed by atoms with van der Waals surface area (Å²) in [6.07, 6.45) is 8.82. The Morgan fingerprint density at radius 2 is 1.50 bits per heavy atom. The van der Waals surface area contributed by atoms with Crippen LogP contribution in [0.2, 0.25) is 10.0 Å². The molecule has 0 atom stereocenters. The van der Waals surface area contributed by atoms with Gasteiger partial charge in [-0.15, -0.1) is 0 Å². The Labute approximate surface area is 245 Å². The molecule has 2 aliphatic heterocycles. The molecule has 0 spiro atoms. The molecule has 9 nitrogen and oxygen atoms in total. The second kappa shape index (κ2) is 13.9. The molecule has 3 heterocycles. The zero-order valence-electron chi connectivity index (χ0n) is 22.8. The molecular weight excluding hydrogens is 549 g/mol. The maximum atomic E-state index is 6.30. The van der Waals surface area contributed by atoms with Gasteiger partial charge in [-0.1, -0.05) is 29.3 Å². The minimum absolute atomic E-state index is 0.295. The van der Waals surface area contributed by atoms with Gasteiger partial charge in [0.2, 0.25) is 17.8 Å². The summed E-state index contributed by atoms with van der Waals surface area (Å²) in [6, 6.07) is 11.0. The molecule has 1 N–H and O–H groups in total. The molecule has 1 aromatic heterocycles. The molecule has 2 fully saturated rings. The highest BCUT2D eigenvalue weighted by atomic mass is 35.5. The summed E-state index contributed by atoms with van der Waals surface area (Å²) in [4.78, 5) is 18.7. The normalized spacial score (nSPS) is 15.9. The first-order valence-electron chi connectivity index (χ1n) is 14.0. The third-order valence-electron chi connectivity index (χ3n) is 6.93. The van der Waals surface area contributed by atoms with E-state index in [1.54, 1.807) is 18.3 Å². The van der Waals surface area contributed by atoms with Gasteiger partial charge in [-0.25, -0.2) is 5.43 Å². The standard InChI is InChI=1S/C29H35Cl2N7O2/c1-2-39-26-17-21(9-12-25(26)40-20-22-10-11-23(30)18-24(22)31)19-32-36-27-33-28(37-13-5-3-6-14-37)35-29(34-27)38-15-7-4-8-16-38/h9-12,17-19H,2-8,13-16,20H2,1H3,(H,33,34,35,36)/b32-19+. The van der Waals surface area contributed by atoms with Gasteiger partial charge < -0.3 is 19.3 Å². The molecule has 5 rings (SSSR count). The van der Waals surface area contributed by atoms with Crippen molar-refractivity contribution in [1.82, 2.24) is 15.0 Å². The van der Waals surface area contributed by atoms with Gasteiger partial charge in [0, 0.05) is 41.8 Å². The Balaban J connectivity index is 1.30.